The van der Waals surface area contributed by atoms with Gasteiger partial charge in [-0.1, -0.05) is 176 Å². The molecule has 3 heterocycles. The summed E-state index contributed by atoms with van der Waals surface area (Å²) >= 11 is 0. The fourth-order valence-corrected chi connectivity index (χ4v) is 8.99. The van der Waals surface area contributed by atoms with E-state index in [4.69, 9.17) is 9.97 Å². The predicted octanol–water partition coefficient (Wildman–Crippen LogP) is 15.1. The van der Waals surface area contributed by atoms with Crippen LogP contribution in [0.15, 0.2) is 225 Å². The van der Waals surface area contributed by atoms with Crippen molar-refractivity contribution in [2.45, 2.75) is 6.42 Å². The smallest absolute Gasteiger partial charge is 0.160 e. The van der Waals surface area contributed by atoms with Gasteiger partial charge in [0.25, 0.3) is 0 Å². The van der Waals surface area contributed by atoms with Gasteiger partial charge < -0.3 is 9.13 Å². The molecule has 0 aliphatic rings. The zero-order valence-electron chi connectivity index (χ0n) is 34.6. The van der Waals surface area contributed by atoms with Gasteiger partial charge >= 0.3 is 0 Å². The molecule has 4 nitrogen and oxygen atoms in total. The standard InChI is InChI=1S/C59H42N4/c1-2-55-49(29-17-19-41-18-16-24-46(38-41)59-60-53(43-20-6-3-7-21-43)40-54(61-59)44-22-8-4-9-23-44)50-27-12-14-30-56(50)62(55)48-35-32-42(33-36-48)45-34-37-52-51-28-13-15-31-57(51)63(58(52)39-45)47-25-10-5-11-26-47/h2-18,20-40H,1,19H2/b29-17-. The van der Waals surface area contributed by atoms with Gasteiger partial charge in [-0.2, -0.15) is 0 Å². The fourth-order valence-electron chi connectivity index (χ4n) is 8.99. The molecule has 0 bridgehead atoms. The molecule has 0 amide bonds. The van der Waals surface area contributed by atoms with Crippen molar-refractivity contribution in [3.8, 4) is 56.4 Å². The predicted molar refractivity (Wildman–Crippen MR) is 264 cm³/mol. The van der Waals surface area contributed by atoms with Gasteiger partial charge in [0, 0.05) is 49.8 Å². The van der Waals surface area contributed by atoms with Gasteiger partial charge in [-0.3, -0.25) is 0 Å². The van der Waals surface area contributed by atoms with Crippen LogP contribution in [0.3, 0.4) is 0 Å². The van der Waals surface area contributed by atoms with Crippen LogP contribution < -0.4 is 0 Å². The largest absolute Gasteiger partial charge is 0.309 e. The first kappa shape index (κ1) is 37.6. The highest BCUT2D eigenvalue weighted by Gasteiger charge is 2.17. The topological polar surface area (TPSA) is 35.6 Å². The Morgan fingerprint density at radius 1 is 0.413 bits per heavy atom. The Morgan fingerprint density at radius 2 is 0.968 bits per heavy atom. The van der Waals surface area contributed by atoms with Crippen LogP contribution in [-0.4, -0.2) is 19.1 Å². The van der Waals surface area contributed by atoms with Crippen LogP contribution in [0.1, 0.15) is 16.8 Å². The van der Waals surface area contributed by atoms with Crippen molar-refractivity contribution in [3.63, 3.8) is 0 Å². The molecule has 8 aromatic carbocycles. The third kappa shape index (κ3) is 7.04. The summed E-state index contributed by atoms with van der Waals surface area (Å²) in [4.78, 5) is 10.1. The second-order valence-corrected chi connectivity index (χ2v) is 15.8. The number of nitrogens with zero attached hydrogens (tertiary/aromatic N) is 4. The van der Waals surface area contributed by atoms with Crippen molar-refractivity contribution in [1.82, 2.24) is 19.1 Å². The van der Waals surface area contributed by atoms with Crippen LogP contribution >= 0.6 is 0 Å². The monoisotopic (exact) mass is 806 g/mol. The number of hydrogen-bond acceptors (Lipinski definition) is 2. The molecule has 0 aliphatic heterocycles. The van der Waals surface area contributed by atoms with Gasteiger partial charge in [0.2, 0.25) is 0 Å². The molecule has 0 radical (unpaired) electrons. The molecular formula is C59H42N4. The highest BCUT2D eigenvalue weighted by molar-refractivity contribution is 6.10. The van der Waals surface area contributed by atoms with Crippen molar-refractivity contribution in [1.29, 1.82) is 0 Å². The van der Waals surface area contributed by atoms with Crippen molar-refractivity contribution >= 4 is 44.9 Å². The third-order valence-electron chi connectivity index (χ3n) is 12.0. The van der Waals surface area contributed by atoms with Crippen LogP contribution in [0.4, 0.5) is 0 Å². The molecule has 3 aromatic heterocycles. The van der Waals surface area contributed by atoms with Crippen LogP contribution in [0.5, 0.6) is 0 Å². The number of aromatic nitrogens is 4. The number of para-hydroxylation sites is 3. The second-order valence-electron chi connectivity index (χ2n) is 15.8. The maximum absolute atomic E-state index is 5.07. The molecule has 0 unspecified atom stereocenters. The summed E-state index contributed by atoms with van der Waals surface area (Å²) < 4.78 is 4.70. The van der Waals surface area contributed by atoms with E-state index in [9.17, 15) is 0 Å². The van der Waals surface area contributed by atoms with Gasteiger partial charge in [-0.25, -0.2) is 9.97 Å². The lowest BCUT2D eigenvalue weighted by Gasteiger charge is -2.11. The van der Waals surface area contributed by atoms with Crippen molar-refractivity contribution < 1.29 is 0 Å². The van der Waals surface area contributed by atoms with Gasteiger partial charge in [-0.15, -0.1) is 0 Å². The van der Waals surface area contributed by atoms with Gasteiger partial charge in [-0.05, 0) is 83.8 Å². The lowest BCUT2D eigenvalue weighted by Crippen LogP contribution is -1.97. The second kappa shape index (κ2) is 16.3. The molecule has 0 fully saturated rings. The minimum atomic E-state index is 0.708. The van der Waals surface area contributed by atoms with Crippen molar-refractivity contribution in [2.24, 2.45) is 0 Å². The number of fused-ring (bicyclic) bond motifs is 4. The van der Waals surface area contributed by atoms with E-state index in [-0.39, 0.29) is 0 Å². The zero-order chi connectivity index (χ0) is 42.1. The van der Waals surface area contributed by atoms with Crippen molar-refractivity contribution in [3.05, 3.63) is 242 Å². The van der Waals surface area contributed by atoms with Crippen LogP contribution in [0.25, 0.3) is 101 Å². The summed E-state index contributed by atoms with van der Waals surface area (Å²) in [7, 11) is 0. The van der Waals surface area contributed by atoms with E-state index < -0.39 is 0 Å². The molecule has 63 heavy (non-hydrogen) atoms. The summed E-state index contributed by atoms with van der Waals surface area (Å²) in [6.07, 6.45) is 7.23. The van der Waals surface area contributed by atoms with Crippen LogP contribution in [0.2, 0.25) is 0 Å². The van der Waals surface area contributed by atoms with E-state index in [1.54, 1.807) is 0 Å². The molecule has 0 N–H and O–H groups in total. The molecule has 0 aliphatic carbocycles. The minimum absolute atomic E-state index is 0.708. The minimum Gasteiger partial charge on any atom is -0.309 e. The zero-order valence-corrected chi connectivity index (χ0v) is 34.6. The maximum Gasteiger partial charge on any atom is 0.160 e. The Morgan fingerprint density at radius 3 is 1.65 bits per heavy atom. The highest BCUT2D eigenvalue weighted by atomic mass is 15.0. The number of hydrogen-bond donors (Lipinski definition) is 0. The number of rotatable bonds is 10. The molecule has 298 valence electrons. The van der Waals surface area contributed by atoms with Crippen LogP contribution in [0, 0.1) is 0 Å². The Hall–Kier alpha value is -8.34. The Labute approximate surface area is 367 Å². The van der Waals surface area contributed by atoms with Gasteiger partial charge in [0.1, 0.15) is 0 Å². The third-order valence-corrected chi connectivity index (χ3v) is 12.0. The average Bonchev–Trinajstić information content (AvgIpc) is 3.86. The lowest BCUT2D eigenvalue weighted by atomic mass is 10.0. The van der Waals surface area contributed by atoms with Crippen molar-refractivity contribution in [2.75, 3.05) is 0 Å². The SMILES string of the molecule is C=Cc1c(/C=C\Cc2cccc(-c3nc(-c4ccccc4)cc(-c4ccccc4)n3)c2)c2ccccc2n1-c1ccc(-c2ccc3c4ccccc4n(-c4ccccc4)c3c2)cc1. The molecule has 0 saturated carbocycles. The Kier molecular flexibility index (Phi) is 9.72. The fraction of sp³-hybridized carbons (Fsp3) is 0.0169. The molecule has 0 atom stereocenters. The summed E-state index contributed by atoms with van der Waals surface area (Å²) in [6.45, 7) is 4.32. The molecular weight excluding hydrogens is 765 g/mol. The van der Waals surface area contributed by atoms with E-state index >= 15 is 0 Å². The molecule has 4 heteroatoms. The first-order valence-corrected chi connectivity index (χ1v) is 21.4. The van der Waals surface area contributed by atoms with E-state index in [1.165, 1.54) is 38.3 Å². The highest BCUT2D eigenvalue weighted by Crippen LogP contribution is 2.37. The normalized spacial score (nSPS) is 11.6. The van der Waals surface area contributed by atoms with Gasteiger partial charge in [0.15, 0.2) is 5.82 Å². The lowest BCUT2D eigenvalue weighted by molar-refractivity contribution is 1.11. The summed E-state index contributed by atoms with van der Waals surface area (Å²) in [5.74, 6) is 0.708. The Balaban J connectivity index is 0.908. The Bertz CT molecular complexity index is 3410. The summed E-state index contributed by atoms with van der Waals surface area (Å²) in [5.41, 5.74) is 16.4. The number of benzene rings is 8. The first-order valence-electron chi connectivity index (χ1n) is 21.4. The quantitative estimate of drug-likeness (QED) is 0.138. The van der Waals surface area contributed by atoms with E-state index in [0.717, 1.165) is 68.2 Å². The van der Waals surface area contributed by atoms with E-state index in [0.29, 0.717) is 5.82 Å². The first-order chi connectivity index (χ1) is 31.2. The van der Waals surface area contributed by atoms with E-state index in [1.807, 2.05) is 42.5 Å². The van der Waals surface area contributed by atoms with E-state index in [2.05, 4.69) is 204 Å². The van der Waals surface area contributed by atoms with Gasteiger partial charge in [0.05, 0.1) is 33.6 Å². The maximum atomic E-state index is 5.07. The summed E-state index contributed by atoms with van der Waals surface area (Å²) in [6, 6.07) is 75.0. The summed E-state index contributed by atoms with van der Waals surface area (Å²) in [5, 5.41) is 3.68. The number of allylic oxidation sites excluding steroid dienone is 1. The molecule has 0 saturated heterocycles. The average molecular weight is 807 g/mol. The molecule has 0 spiro atoms. The molecule has 11 rings (SSSR count). The molecule has 11 aromatic rings. The van der Waals surface area contributed by atoms with Crippen LogP contribution in [-0.2, 0) is 6.42 Å².